The van der Waals surface area contributed by atoms with E-state index in [9.17, 15) is 4.79 Å². The van der Waals surface area contributed by atoms with E-state index in [0.717, 1.165) is 11.1 Å². The minimum atomic E-state index is 0.0639. The lowest BCUT2D eigenvalue weighted by atomic mass is 9.85. The summed E-state index contributed by atoms with van der Waals surface area (Å²) in [5, 5.41) is 0. The van der Waals surface area contributed by atoms with Gasteiger partial charge in [0, 0.05) is 10.5 Å². The normalized spacial score (nSPS) is 11.4. The molecule has 2 aromatic rings. The molecule has 0 amide bonds. The lowest BCUT2D eigenvalue weighted by molar-refractivity contribution is 0.578. The second kappa shape index (κ2) is 5.84. The monoisotopic (exact) mass is 284 g/mol. The third-order valence-corrected chi connectivity index (χ3v) is 4.16. The van der Waals surface area contributed by atoms with Gasteiger partial charge in [0.15, 0.2) is 5.43 Å². The summed E-state index contributed by atoms with van der Waals surface area (Å²) < 4.78 is 0. The summed E-state index contributed by atoms with van der Waals surface area (Å²) in [6.07, 6.45) is 2.07. The van der Waals surface area contributed by atoms with Crippen LogP contribution in [0.25, 0.3) is 11.1 Å². The van der Waals surface area contributed by atoms with Gasteiger partial charge in [0.05, 0.1) is 0 Å². The first-order chi connectivity index (χ1) is 9.45. The Balaban J connectivity index is 2.77. The molecule has 0 radical (unpaired) electrons. The standard InChI is InChI=1S/C18H20OS/c1-18(2,3)15-11-8-10-14(17(15)20-4)13-9-6-5-7-12-16(13)19/h5-12H,1-4H3. The second-order valence-electron chi connectivity index (χ2n) is 5.82. The Morgan fingerprint density at radius 3 is 2.15 bits per heavy atom. The molecule has 0 heterocycles. The van der Waals surface area contributed by atoms with Crippen molar-refractivity contribution in [1.82, 2.24) is 0 Å². The molecule has 0 bridgehead atoms. The Morgan fingerprint density at radius 2 is 1.50 bits per heavy atom. The zero-order valence-corrected chi connectivity index (χ0v) is 13.3. The van der Waals surface area contributed by atoms with Gasteiger partial charge in [-0.3, -0.25) is 4.79 Å². The van der Waals surface area contributed by atoms with Crippen LogP contribution in [0.1, 0.15) is 26.3 Å². The second-order valence-corrected chi connectivity index (χ2v) is 6.64. The molecule has 0 saturated heterocycles. The van der Waals surface area contributed by atoms with E-state index >= 15 is 0 Å². The predicted octanol–water partition coefficient (Wildman–Crippen LogP) is 4.73. The van der Waals surface area contributed by atoms with E-state index in [2.05, 4.69) is 33.1 Å². The summed E-state index contributed by atoms with van der Waals surface area (Å²) in [6, 6.07) is 15.4. The lowest BCUT2D eigenvalue weighted by Crippen LogP contribution is -2.13. The van der Waals surface area contributed by atoms with Crippen molar-refractivity contribution in [2.75, 3.05) is 6.26 Å². The van der Waals surface area contributed by atoms with Gasteiger partial charge in [-0.1, -0.05) is 63.2 Å². The van der Waals surface area contributed by atoms with Crippen LogP contribution in [0, 0.1) is 0 Å². The van der Waals surface area contributed by atoms with Crippen molar-refractivity contribution in [3.05, 3.63) is 64.3 Å². The van der Waals surface area contributed by atoms with Crippen molar-refractivity contribution in [3.8, 4) is 11.1 Å². The number of hydrogen-bond acceptors (Lipinski definition) is 2. The van der Waals surface area contributed by atoms with E-state index < -0.39 is 0 Å². The van der Waals surface area contributed by atoms with Gasteiger partial charge in [-0.25, -0.2) is 0 Å². The van der Waals surface area contributed by atoms with Crippen LogP contribution in [-0.4, -0.2) is 6.26 Å². The van der Waals surface area contributed by atoms with Crippen LogP contribution in [0.2, 0.25) is 0 Å². The molecule has 0 unspecified atom stereocenters. The summed E-state index contributed by atoms with van der Waals surface area (Å²) in [6.45, 7) is 6.61. The summed E-state index contributed by atoms with van der Waals surface area (Å²) in [4.78, 5) is 13.4. The minimum absolute atomic E-state index is 0.0639. The Labute approximate surface area is 125 Å². The van der Waals surface area contributed by atoms with Gasteiger partial charge in [0.25, 0.3) is 0 Å². The van der Waals surface area contributed by atoms with Gasteiger partial charge in [-0.15, -0.1) is 11.8 Å². The summed E-state index contributed by atoms with van der Waals surface area (Å²) in [5.41, 5.74) is 3.22. The van der Waals surface area contributed by atoms with Gasteiger partial charge in [0.1, 0.15) is 0 Å². The Morgan fingerprint density at radius 1 is 0.850 bits per heavy atom. The molecular weight excluding hydrogens is 264 g/mol. The molecule has 2 heteroatoms. The molecule has 0 aliphatic rings. The molecule has 0 spiro atoms. The zero-order valence-electron chi connectivity index (χ0n) is 12.4. The number of rotatable bonds is 2. The van der Waals surface area contributed by atoms with Gasteiger partial charge < -0.3 is 0 Å². The highest BCUT2D eigenvalue weighted by molar-refractivity contribution is 7.98. The quantitative estimate of drug-likeness (QED) is 0.741. The van der Waals surface area contributed by atoms with Crippen LogP contribution >= 0.6 is 11.8 Å². The fraction of sp³-hybridized carbons (Fsp3) is 0.278. The van der Waals surface area contributed by atoms with Crippen LogP contribution in [0.5, 0.6) is 0 Å². The smallest absolute Gasteiger partial charge is 0.186 e. The molecule has 0 atom stereocenters. The zero-order chi connectivity index (χ0) is 14.8. The van der Waals surface area contributed by atoms with Crippen LogP contribution in [-0.2, 0) is 5.41 Å². The van der Waals surface area contributed by atoms with Crippen LogP contribution in [0.15, 0.2) is 58.2 Å². The van der Waals surface area contributed by atoms with Crippen molar-refractivity contribution in [3.63, 3.8) is 0 Å². The summed E-state index contributed by atoms with van der Waals surface area (Å²) >= 11 is 1.71. The van der Waals surface area contributed by atoms with Gasteiger partial charge in [0.2, 0.25) is 0 Å². The molecule has 0 aliphatic heterocycles. The Bertz CT molecular complexity index is 669. The summed E-state index contributed by atoms with van der Waals surface area (Å²) in [5.74, 6) is 0. The van der Waals surface area contributed by atoms with Gasteiger partial charge in [-0.05, 0) is 28.9 Å². The predicted molar refractivity (Wildman–Crippen MR) is 88.6 cm³/mol. The van der Waals surface area contributed by atoms with Crippen LogP contribution in [0.4, 0.5) is 0 Å². The SMILES string of the molecule is CSc1c(-c2cccccc2=O)cccc1C(C)(C)C. The lowest BCUT2D eigenvalue weighted by Gasteiger charge is -2.24. The fourth-order valence-electron chi connectivity index (χ4n) is 2.31. The highest BCUT2D eigenvalue weighted by atomic mass is 32.2. The largest absolute Gasteiger partial charge is 0.289 e. The average Bonchev–Trinajstić information content (AvgIpc) is 2.61. The highest BCUT2D eigenvalue weighted by Gasteiger charge is 2.20. The van der Waals surface area contributed by atoms with Crippen molar-refractivity contribution < 1.29 is 0 Å². The van der Waals surface area contributed by atoms with E-state index in [1.165, 1.54) is 10.5 Å². The molecule has 2 aromatic carbocycles. The maximum absolute atomic E-state index is 12.2. The molecule has 104 valence electrons. The van der Waals surface area contributed by atoms with Crippen LogP contribution in [0.3, 0.4) is 0 Å². The third-order valence-electron chi connectivity index (χ3n) is 3.32. The fourth-order valence-corrected chi connectivity index (χ4v) is 3.30. The highest BCUT2D eigenvalue weighted by Crippen LogP contribution is 2.37. The molecule has 20 heavy (non-hydrogen) atoms. The molecule has 0 saturated carbocycles. The molecule has 0 N–H and O–H groups in total. The Kier molecular flexibility index (Phi) is 4.34. The molecule has 0 fully saturated rings. The molecule has 1 nitrogen and oxygen atoms in total. The average molecular weight is 284 g/mol. The maximum Gasteiger partial charge on any atom is 0.186 e. The molecule has 0 aromatic heterocycles. The minimum Gasteiger partial charge on any atom is -0.289 e. The summed E-state index contributed by atoms with van der Waals surface area (Å²) in [7, 11) is 0. The van der Waals surface area contributed by atoms with Crippen LogP contribution < -0.4 is 5.43 Å². The first-order valence-corrected chi connectivity index (χ1v) is 7.95. The third kappa shape index (κ3) is 2.96. The molecule has 2 rings (SSSR count). The van der Waals surface area contributed by atoms with Crippen molar-refractivity contribution in [1.29, 1.82) is 0 Å². The molecular formula is C18H20OS. The first-order valence-electron chi connectivity index (χ1n) is 6.72. The van der Waals surface area contributed by atoms with E-state index in [1.54, 1.807) is 23.9 Å². The topological polar surface area (TPSA) is 17.1 Å². The number of benzene rings is 1. The van der Waals surface area contributed by atoms with E-state index in [4.69, 9.17) is 0 Å². The number of hydrogen-bond donors (Lipinski definition) is 0. The maximum atomic E-state index is 12.2. The van der Waals surface area contributed by atoms with Crippen molar-refractivity contribution in [2.45, 2.75) is 31.1 Å². The van der Waals surface area contributed by atoms with Crippen molar-refractivity contribution in [2.24, 2.45) is 0 Å². The van der Waals surface area contributed by atoms with Crippen molar-refractivity contribution >= 4 is 11.8 Å². The van der Waals surface area contributed by atoms with Gasteiger partial charge >= 0.3 is 0 Å². The Hall–Kier alpha value is -1.54. The molecule has 0 aliphatic carbocycles. The van der Waals surface area contributed by atoms with E-state index in [0.29, 0.717) is 0 Å². The van der Waals surface area contributed by atoms with E-state index in [1.807, 2.05) is 30.3 Å². The van der Waals surface area contributed by atoms with E-state index in [-0.39, 0.29) is 10.8 Å². The first kappa shape index (κ1) is 14.9. The number of thioether (sulfide) groups is 1. The van der Waals surface area contributed by atoms with Gasteiger partial charge in [-0.2, -0.15) is 0 Å².